The number of carboxylic acids is 2. The molecule has 14 heteroatoms. The van der Waals surface area contributed by atoms with Crippen LogP contribution < -0.4 is 26.6 Å². The second kappa shape index (κ2) is 18.1. The monoisotopic (exact) mass is 651 g/mol. The van der Waals surface area contributed by atoms with Crippen LogP contribution in [0.25, 0.3) is 0 Å². The third kappa shape index (κ3) is 14.2. The van der Waals surface area contributed by atoms with Crippen molar-refractivity contribution < 1.29 is 34.5 Å². The number of nitrogens with zero attached hydrogens (tertiary/aromatic N) is 2. The zero-order valence-corrected chi connectivity index (χ0v) is 27.3. The smallest absolute Gasteiger partial charge is 0.327 e. The Bertz CT molecular complexity index is 1430. The Hall–Kier alpha value is -5.16. The third-order valence-electron chi connectivity index (χ3n) is 6.76. The van der Waals surface area contributed by atoms with Crippen LogP contribution in [0.1, 0.15) is 65.4 Å². The molecule has 2 rings (SSSR count). The number of anilines is 1. The van der Waals surface area contributed by atoms with Gasteiger partial charge in [-0.25, -0.2) is 14.6 Å². The summed E-state index contributed by atoms with van der Waals surface area (Å²) < 4.78 is 0. The van der Waals surface area contributed by atoms with Gasteiger partial charge < -0.3 is 36.6 Å². The molecule has 2 aromatic rings. The van der Waals surface area contributed by atoms with E-state index in [1.54, 1.807) is 36.4 Å². The number of rotatable bonds is 16. The van der Waals surface area contributed by atoms with Crippen molar-refractivity contribution in [3.05, 3.63) is 54.1 Å². The molecule has 2 amide bonds. The van der Waals surface area contributed by atoms with Gasteiger partial charge in [0.15, 0.2) is 6.19 Å². The van der Waals surface area contributed by atoms with E-state index >= 15 is 0 Å². The first-order chi connectivity index (χ1) is 22.1. The summed E-state index contributed by atoms with van der Waals surface area (Å²) in [6, 6.07) is 10.5. The molecule has 0 fully saturated rings. The van der Waals surface area contributed by atoms with Crippen LogP contribution in [0.4, 0.5) is 11.4 Å². The number of guanidine groups is 1. The minimum atomic E-state index is -1.29. The van der Waals surface area contributed by atoms with Crippen LogP contribution in [0.5, 0.6) is 5.75 Å². The molecular weight excluding hydrogens is 606 g/mol. The number of nitriles is 1. The Balaban J connectivity index is 2.08. The number of aromatic hydroxyl groups is 1. The Kier molecular flexibility index (Phi) is 14.6. The highest BCUT2D eigenvalue weighted by atomic mass is 16.4. The average Bonchev–Trinajstić information content (AvgIpc) is 2.97. The number of aliphatic imine (C=N–C) groups is 1. The van der Waals surface area contributed by atoms with Gasteiger partial charge in [-0.1, -0.05) is 46.8 Å². The number of carbonyl (C=O) groups excluding carboxylic acids is 2. The fraction of sp³-hybridized carbons (Fsp3) is 0.455. The predicted molar refractivity (Wildman–Crippen MR) is 177 cm³/mol. The van der Waals surface area contributed by atoms with Crippen molar-refractivity contribution >= 4 is 41.1 Å². The first kappa shape index (κ1) is 38.0. The molecule has 8 N–H and O–H groups in total. The molecule has 0 bridgehead atoms. The van der Waals surface area contributed by atoms with Gasteiger partial charge in [-0.3, -0.25) is 14.9 Å². The van der Waals surface area contributed by atoms with Gasteiger partial charge in [0, 0.05) is 18.7 Å². The second-order valence-electron chi connectivity index (χ2n) is 12.7. The van der Waals surface area contributed by atoms with Crippen LogP contribution in [-0.2, 0) is 19.2 Å². The van der Waals surface area contributed by atoms with E-state index in [-0.39, 0.29) is 54.9 Å². The Morgan fingerprint density at radius 2 is 1.53 bits per heavy atom. The number of aliphatic carboxylic acids is 2. The molecule has 3 atom stereocenters. The highest BCUT2D eigenvalue weighted by Gasteiger charge is 2.28. The van der Waals surface area contributed by atoms with Gasteiger partial charge in [-0.2, -0.15) is 5.26 Å². The number of hydrogen-bond acceptors (Lipinski definition) is 8. The number of benzene rings is 2. The minimum absolute atomic E-state index is 0.0202. The lowest BCUT2D eigenvalue weighted by Crippen LogP contribution is -2.49. The summed E-state index contributed by atoms with van der Waals surface area (Å²) >= 11 is 0. The zero-order valence-electron chi connectivity index (χ0n) is 27.3. The maximum absolute atomic E-state index is 13.4. The molecule has 2 aromatic carbocycles. The van der Waals surface area contributed by atoms with Gasteiger partial charge in [0.25, 0.3) is 0 Å². The van der Waals surface area contributed by atoms with E-state index < -0.39 is 35.8 Å². The number of carboxylic acid groups (broad SMARTS) is 2. The van der Waals surface area contributed by atoms with Gasteiger partial charge in [-0.05, 0) is 72.7 Å². The van der Waals surface area contributed by atoms with Crippen LogP contribution in [0, 0.1) is 22.8 Å². The first-order valence-corrected chi connectivity index (χ1v) is 15.2. The quantitative estimate of drug-likeness (QED) is 0.0328. The maximum atomic E-state index is 13.4. The molecule has 0 heterocycles. The van der Waals surface area contributed by atoms with Crippen LogP contribution in [0.15, 0.2) is 53.5 Å². The fourth-order valence-electron chi connectivity index (χ4n) is 4.55. The van der Waals surface area contributed by atoms with Gasteiger partial charge in [0.2, 0.25) is 17.8 Å². The van der Waals surface area contributed by atoms with Crippen molar-refractivity contribution in [1.82, 2.24) is 21.3 Å². The summed E-state index contributed by atoms with van der Waals surface area (Å²) in [5.74, 6) is -3.66. The summed E-state index contributed by atoms with van der Waals surface area (Å²) in [6.07, 6.45) is 2.43. The number of carbonyl (C=O) groups is 4. The minimum Gasteiger partial charge on any atom is -0.508 e. The van der Waals surface area contributed by atoms with Gasteiger partial charge in [0.1, 0.15) is 17.8 Å². The number of hydrogen-bond donors (Lipinski definition) is 8. The van der Waals surface area contributed by atoms with Crippen molar-refractivity contribution in [2.75, 3.05) is 18.4 Å². The van der Waals surface area contributed by atoms with Crippen molar-refractivity contribution in [3.8, 4) is 11.9 Å². The van der Waals surface area contributed by atoms with Gasteiger partial charge >= 0.3 is 11.9 Å². The second-order valence-corrected chi connectivity index (χ2v) is 12.7. The average molecular weight is 652 g/mol. The van der Waals surface area contributed by atoms with Crippen LogP contribution in [-0.4, -0.2) is 70.2 Å². The summed E-state index contributed by atoms with van der Waals surface area (Å²) in [5.41, 5.74) is 1.39. The summed E-state index contributed by atoms with van der Waals surface area (Å²) in [7, 11) is 0. The summed E-state index contributed by atoms with van der Waals surface area (Å²) in [6.45, 7) is 9.43. The highest BCUT2D eigenvalue weighted by molar-refractivity contribution is 5.96. The molecule has 47 heavy (non-hydrogen) atoms. The number of phenols is 1. The topological polar surface area (TPSA) is 225 Å². The number of nitrogens with one attached hydrogen (secondary N) is 5. The van der Waals surface area contributed by atoms with E-state index in [1.165, 1.54) is 12.1 Å². The third-order valence-corrected chi connectivity index (χ3v) is 6.76. The molecule has 0 saturated carbocycles. The maximum Gasteiger partial charge on any atom is 0.327 e. The van der Waals surface area contributed by atoms with Crippen molar-refractivity contribution in [2.24, 2.45) is 16.3 Å². The molecule has 0 aliphatic rings. The molecule has 0 aliphatic heterocycles. The summed E-state index contributed by atoms with van der Waals surface area (Å²) in [4.78, 5) is 53.7. The number of phenolic OH excluding ortho intramolecular Hbond substituents is 1. The van der Waals surface area contributed by atoms with E-state index in [0.29, 0.717) is 23.4 Å². The zero-order chi connectivity index (χ0) is 35.1. The fourth-order valence-corrected chi connectivity index (χ4v) is 4.55. The Morgan fingerprint density at radius 3 is 2.06 bits per heavy atom. The largest absolute Gasteiger partial charge is 0.508 e. The van der Waals surface area contributed by atoms with E-state index in [2.05, 4.69) is 31.6 Å². The van der Waals surface area contributed by atoms with Crippen molar-refractivity contribution in [1.29, 1.82) is 5.26 Å². The molecule has 0 spiro atoms. The lowest BCUT2D eigenvalue weighted by molar-refractivity contribution is -0.142. The predicted octanol–water partition coefficient (Wildman–Crippen LogP) is 3.25. The molecular formula is C33H45N7O7. The van der Waals surface area contributed by atoms with Crippen LogP contribution in [0.2, 0.25) is 0 Å². The Labute approximate surface area is 274 Å². The molecule has 0 radical (unpaired) electrons. The first-order valence-electron chi connectivity index (χ1n) is 15.2. The SMILES string of the molecule is CC(C)CC(C(=O)NC(CNCCC(NC(=O)CC(C)(C)C)C(=O)O)C(=O)O)c1ccc(N=C(NC#N)Nc2ccc(O)cc2)cc1. The van der Waals surface area contributed by atoms with Crippen molar-refractivity contribution in [2.45, 2.75) is 71.9 Å². The van der Waals surface area contributed by atoms with E-state index in [4.69, 9.17) is 5.26 Å². The van der Waals surface area contributed by atoms with Gasteiger partial charge in [-0.15, -0.1) is 0 Å². The van der Waals surface area contributed by atoms with E-state index in [9.17, 15) is 34.5 Å². The highest BCUT2D eigenvalue weighted by Crippen LogP contribution is 2.27. The lowest BCUT2D eigenvalue weighted by atomic mass is 9.89. The summed E-state index contributed by atoms with van der Waals surface area (Å²) in [5, 5.41) is 51.3. The normalized spacial score (nSPS) is 13.5. The molecule has 3 unspecified atom stereocenters. The van der Waals surface area contributed by atoms with E-state index in [0.717, 1.165) is 0 Å². The lowest BCUT2D eigenvalue weighted by Gasteiger charge is -2.23. The molecule has 254 valence electrons. The van der Waals surface area contributed by atoms with E-state index in [1.807, 2.05) is 40.8 Å². The Morgan fingerprint density at radius 1 is 0.915 bits per heavy atom. The van der Waals surface area contributed by atoms with Crippen LogP contribution >= 0.6 is 0 Å². The molecule has 0 aliphatic carbocycles. The standard InChI is InChI=1S/C33H45N7O7/c1-20(2)16-25(21-6-8-22(9-7-21)37-32(36-19-34)38-23-10-12-24(41)13-11-23)29(43)40-27(31(46)47)18-35-15-14-26(30(44)45)39-28(42)17-33(3,4)5/h6-13,20,25-27,35,41H,14-18H2,1-5H3,(H,39,42)(H,40,43)(H,44,45)(H,46,47)(H2,36,37,38). The van der Waals surface area contributed by atoms with Gasteiger partial charge in [0.05, 0.1) is 11.6 Å². The van der Waals surface area contributed by atoms with Crippen LogP contribution in [0.3, 0.4) is 0 Å². The molecule has 0 aromatic heterocycles. The molecule has 0 saturated heterocycles. The molecule has 14 nitrogen and oxygen atoms in total. The van der Waals surface area contributed by atoms with Crippen molar-refractivity contribution in [3.63, 3.8) is 0 Å². The number of amides is 2.